The first-order valence-electron chi connectivity index (χ1n) is 5.19. The van der Waals surface area contributed by atoms with Gasteiger partial charge in [-0.25, -0.2) is 9.37 Å². The van der Waals surface area contributed by atoms with Crippen LogP contribution in [0, 0.1) is 5.82 Å². The number of benzene rings is 1. The molecule has 0 aliphatic heterocycles. The van der Waals surface area contributed by atoms with E-state index in [-0.39, 0.29) is 17.1 Å². The average Bonchev–Trinajstić information content (AvgIpc) is 2.89. The molecule has 1 aromatic heterocycles. The van der Waals surface area contributed by atoms with Crippen LogP contribution < -0.4 is 4.74 Å². The Labute approximate surface area is 108 Å². The van der Waals surface area contributed by atoms with E-state index in [0.717, 1.165) is 0 Å². The Bertz CT molecular complexity index is 543. The molecule has 1 aromatic carbocycles. The number of aromatic amines is 1. The first-order chi connectivity index (χ1) is 8.70. The van der Waals surface area contributed by atoms with Gasteiger partial charge < -0.3 is 9.72 Å². The van der Waals surface area contributed by atoms with Crippen LogP contribution in [0.4, 0.5) is 4.39 Å². The van der Waals surface area contributed by atoms with Crippen LogP contribution in [0.2, 0.25) is 0 Å². The zero-order valence-electron chi connectivity index (χ0n) is 9.64. The van der Waals surface area contributed by atoms with Crippen molar-refractivity contribution in [2.24, 2.45) is 0 Å². The van der Waals surface area contributed by atoms with Gasteiger partial charge in [-0.05, 0) is 18.2 Å². The van der Waals surface area contributed by atoms with Gasteiger partial charge in [0.25, 0.3) is 0 Å². The second kappa shape index (κ2) is 5.68. The quantitative estimate of drug-likeness (QED) is 0.667. The van der Waals surface area contributed by atoms with Crippen LogP contribution in [-0.4, -0.2) is 28.6 Å². The van der Waals surface area contributed by atoms with Crippen LogP contribution in [0.25, 0.3) is 0 Å². The highest BCUT2D eigenvalue weighted by Gasteiger charge is 2.14. The van der Waals surface area contributed by atoms with Crippen molar-refractivity contribution in [3.63, 3.8) is 0 Å². The Morgan fingerprint density at radius 2 is 2.39 bits per heavy atom. The van der Waals surface area contributed by atoms with Crippen LogP contribution in [0.3, 0.4) is 0 Å². The summed E-state index contributed by atoms with van der Waals surface area (Å²) in [5, 5.41) is 0.652. The number of nitrogens with zero attached hydrogens (tertiary/aromatic N) is 1. The van der Waals surface area contributed by atoms with Crippen molar-refractivity contribution in [2.45, 2.75) is 5.16 Å². The molecular weight excluding hydrogens is 255 g/mol. The largest absolute Gasteiger partial charge is 0.496 e. The predicted octanol–water partition coefficient (Wildman–Crippen LogP) is 2.53. The van der Waals surface area contributed by atoms with Crippen molar-refractivity contribution in [3.8, 4) is 5.75 Å². The molecule has 0 saturated heterocycles. The van der Waals surface area contributed by atoms with Gasteiger partial charge in [0.05, 0.1) is 18.4 Å². The lowest BCUT2D eigenvalue weighted by Crippen LogP contribution is -2.05. The van der Waals surface area contributed by atoms with E-state index < -0.39 is 5.82 Å². The number of Topliss-reactive ketones (excluding diaryl/α,β-unsaturated/α-hetero) is 1. The van der Waals surface area contributed by atoms with E-state index in [1.54, 1.807) is 12.4 Å². The Morgan fingerprint density at radius 1 is 1.56 bits per heavy atom. The first kappa shape index (κ1) is 12.6. The summed E-state index contributed by atoms with van der Waals surface area (Å²) in [6, 6.07) is 3.89. The Balaban J connectivity index is 2.10. The van der Waals surface area contributed by atoms with Crippen LogP contribution in [-0.2, 0) is 0 Å². The number of methoxy groups -OCH3 is 1. The highest BCUT2D eigenvalue weighted by Crippen LogP contribution is 2.22. The Hall–Kier alpha value is -1.82. The number of aromatic nitrogens is 2. The molecule has 2 aromatic rings. The molecule has 94 valence electrons. The maximum Gasteiger partial charge on any atom is 0.177 e. The summed E-state index contributed by atoms with van der Waals surface area (Å²) < 4.78 is 18.2. The summed E-state index contributed by atoms with van der Waals surface area (Å²) in [6.45, 7) is 0. The summed E-state index contributed by atoms with van der Waals surface area (Å²) in [5.74, 6) is -0.107. The van der Waals surface area contributed by atoms with Crippen LogP contribution >= 0.6 is 11.8 Å². The number of rotatable bonds is 5. The molecule has 4 nitrogen and oxygen atoms in total. The molecule has 0 unspecified atom stereocenters. The fraction of sp³-hybridized carbons (Fsp3) is 0.167. The van der Waals surface area contributed by atoms with Crippen molar-refractivity contribution in [1.82, 2.24) is 9.97 Å². The topological polar surface area (TPSA) is 55.0 Å². The Kier molecular flexibility index (Phi) is 3.99. The van der Waals surface area contributed by atoms with Gasteiger partial charge in [0.2, 0.25) is 0 Å². The molecule has 0 aliphatic carbocycles. The number of ketones is 1. The molecule has 0 radical (unpaired) electrons. The van der Waals surface area contributed by atoms with Gasteiger partial charge in [-0.1, -0.05) is 11.8 Å². The van der Waals surface area contributed by atoms with Crippen LogP contribution in [0.5, 0.6) is 5.75 Å². The molecule has 6 heteroatoms. The molecule has 0 atom stereocenters. The number of nitrogens with one attached hydrogen (secondary N) is 1. The number of hydrogen-bond donors (Lipinski definition) is 1. The molecule has 0 amide bonds. The lowest BCUT2D eigenvalue weighted by Gasteiger charge is -2.06. The summed E-state index contributed by atoms with van der Waals surface area (Å²) in [7, 11) is 1.45. The molecule has 0 spiro atoms. The molecule has 0 bridgehead atoms. The number of carbonyl (C=O) groups is 1. The van der Waals surface area contributed by atoms with E-state index >= 15 is 0 Å². The molecule has 18 heavy (non-hydrogen) atoms. The second-order valence-electron chi connectivity index (χ2n) is 3.45. The van der Waals surface area contributed by atoms with Gasteiger partial charge in [0.15, 0.2) is 10.9 Å². The smallest absolute Gasteiger partial charge is 0.177 e. The molecule has 1 N–H and O–H groups in total. The maximum atomic E-state index is 13.1. The van der Waals surface area contributed by atoms with E-state index in [9.17, 15) is 9.18 Å². The minimum absolute atomic E-state index is 0.174. The zero-order chi connectivity index (χ0) is 13.0. The standard InChI is InChI=1S/C12H11FN2O2S/c1-17-11-3-2-8(13)6-9(11)10(16)7-18-12-14-4-5-15-12/h2-6H,7H2,1H3,(H,14,15). The summed E-state index contributed by atoms with van der Waals surface area (Å²) in [4.78, 5) is 18.8. The van der Waals surface area contributed by atoms with Crippen molar-refractivity contribution >= 4 is 17.5 Å². The average molecular weight is 266 g/mol. The number of imidazole rings is 1. The van der Waals surface area contributed by atoms with Gasteiger partial charge >= 0.3 is 0 Å². The maximum absolute atomic E-state index is 13.1. The number of carbonyl (C=O) groups excluding carboxylic acids is 1. The molecule has 0 fully saturated rings. The number of thioether (sulfide) groups is 1. The van der Waals surface area contributed by atoms with E-state index in [1.807, 2.05) is 0 Å². The molecular formula is C12H11FN2O2S. The highest BCUT2D eigenvalue weighted by molar-refractivity contribution is 7.99. The molecule has 1 heterocycles. The van der Waals surface area contributed by atoms with Gasteiger partial charge in [-0.2, -0.15) is 0 Å². The third kappa shape index (κ3) is 2.89. The van der Waals surface area contributed by atoms with Gasteiger partial charge in [0, 0.05) is 12.4 Å². The van der Waals surface area contributed by atoms with Crippen molar-refractivity contribution in [3.05, 3.63) is 42.0 Å². The van der Waals surface area contributed by atoms with Crippen LogP contribution in [0.1, 0.15) is 10.4 Å². The minimum Gasteiger partial charge on any atom is -0.496 e. The third-order valence-corrected chi connectivity index (χ3v) is 3.18. The molecule has 2 rings (SSSR count). The van der Waals surface area contributed by atoms with Crippen molar-refractivity contribution < 1.29 is 13.9 Å². The summed E-state index contributed by atoms with van der Waals surface area (Å²) in [5.41, 5.74) is 0.247. The Morgan fingerprint density at radius 3 is 3.06 bits per heavy atom. The fourth-order valence-electron chi connectivity index (χ4n) is 1.44. The van der Waals surface area contributed by atoms with Crippen molar-refractivity contribution in [1.29, 1.82) is 0 Å². The molecule has 0 aliphatic rings. The number of ether oxygens (including phenoxy) is 1. The number of H-pyrrole nitrogens is 1. The molecule has 0 saturated carbocycles. The van der Waals surface area contributed by atoms with E-state index in [0.29, 0.717) is 10.9 Å². The number of hydrogen-bond acceptors (Lipinski definition) is 4. The lowest BCUT2D eigenvalue weighted by molar-refractivity contribution is 0.101. The van der Waals surface area contributed by atoms with Gasteiger partial charge in [-0.3, -0.25) is 4.79 Å². The number of halogens is 1. The normalized spacial score (nSPS) is 10.3. The van der Waals surface area contributed by atoms with Gasteiger partial charge in [0.1, 0.15) is 11.6 Å². The minimum atomic E-state index is -0.456. The SMILES string of the molecule is COc1ccc(F)cc1C(=O)CSc1ncc[nH]1. The predicted molar refractivity (Wildman–Crippen MR) is 66.6 cm³/mol. The summed E-state index contributed by atoms with van der Waals surface area (Å²) >= 11 is 1.26. The fourth-order valence-corrected chi connectivity index (χ4v) is 2.15. The highest BCUT2D eigenvalue weighted by atomic mass is 32.2. The monoisotopic (exact) mass is 266 g/mol. The van der Waals surface area contributed by atoms with Crippen LogP contribution in [0.15, 0.2) is 35.7 Å². The van der Waals surface area contributed by atoms with Crippen molar-refractivity contribution in [2.75, 3.05) is 12.9 Å². The second-order valence-corrected chi connectivity index (χ2v) is 4.41. The zero-order valence-corrected chi connectivity index (χ0v) is 10.5. The van der Waals surface area contributed by atoms with E-state index in [1.165, 1.54) is 37.1 Å². The summed E-state index contributed by atoms with van der Waals surface area (Å²) in [6.07, 6.45) is 3.28. The van der Waals surface area contributed by atoms with E-state index in [2.05, 4.69) is 9.97 Å². The first-order valence-corrected chi connectivity index (χ1v) is 6.18. The van der Waals surface area contributed by atoms with Gasteiger partial charge in [-0.15, -0.1) is 0 Å². The third-order valence-electron chi connectivity index (χ3n) is 2.28. The lowest BCUT2D eigenvalue weighted by atomic mass is 10.1. The van der Waals surface area contributed by atoms with E-state index in [4.69, 9.17) is 4.74 Å².